The lowest BCUT2D eigenvalue weighted by Gasteiger charge is -2.13. The zero-order chi connectivity index (χ0) is 24.7. The number of nitrogens with one attached hydrogen (secondary N) is 1. The maximum absolute atomic E-state index is 12.6. The van der Waals surface area contributed by atoms with Gasteiger partial charge in [-0.1, -0.05) is 19.4 Å². The Morgan fingerprint density at radius 1 is 1.12 bits per heavy atom. The maximum Gasteiger partial charge on any atom is 0.152 e. The number of aromatic nitrogens is 3. The average Bonchev–Trinajstić information content (AvgIpc) is 3.14. The van der Waals surface area contributed by atoms with E-state index in [0.29, 0.717) is 17.9 Å². The van der Waals surface area contributed by atoms with Crippen LogP contribution >= 0.6 is 7.14 Å². The van der Waals surface area contributed by atoms with E-state index in [1.54, 1.807) is 13.3 Å². The molecule has 8 nitrogen and oxygen atoms in total. The minimum atomic E-state index is -2.40. The number of pyridine rings is 1. The highest BCUT2D eigenvalue weighted by molar-refractivity contribution is 7.70. The van der Waals surface area contributed by atoms with Gasteiger partial charge in [-0.25, -0.2) is 9.97 Å². The van der Waals surface area contributed by atoms with Crippen molar-refractivity contribution in [2.45, 2.75) is 45.4 Å². The molecule has 0 saturated carbocycles. The van der Waals surface area contributed by atoms with Crippen LogP contribution in [-0.2, 0) is 11.0 Å². The van der Waals surface area contributed by atoms with Gasteiger partial charge in [0.1, 0.15) is 30.6 Å². The molecular weight excluding hydrogens is 447 g/mol. The first-order valence-corrected chi connectivity index (χ1v) is 15.0. The summed E-state index contributed by atoms with van der Waals surface area (Å²) < 4.78 is 14.5. The van der Waals surface area contributed by atoms with Crippen LogP contribution in [0.2, 0.25) is 0 Å². The number of nitrogens with zero attached hydrogens (tertiary/aromatic N) is 4. The summed E-state index contributed by atoms with van der Waals surface area (Å²) in [6.45, 7) is 9.43. The van der Waals surface area contributed by atoms with E-state index in [-0.39, 0.29) is 0 Å². The van der Waals surface area contributed by atoms with Crippen molar-refractivity contribution < 1.29 is 9.40 Å². The number of nitrogens with two attached hydrogens (primary N) is 1. The highest BCUT2D eigenvalue weighted by Crippen LogP contribution is 2.36. The minimum Gasteiger partial charge on any atom is -0.412 e. The number of hydrogen-bond donors (Lipinski definition) is 2. The Hall–Kier alpha value is -2.15. The molecular formula is C25H41N6O2P. The highest BCUT2D eigenvalue weighted by atomic mass is 31.2. The lowest BCUT2D eigenvalue weighted by atomic mass is 10.2. The molecule has 0 saturated heterocycles. The maximum atomic E-state index is 12.6. The first-order chi connectivity index (χ1) is 16.2. The topological polar surface area (TPSA) is 98.3 Å². The van der Waals surface area contributed by atoms with Gasteiger partial charge in [-0.15, -0.1) is 0 Å². The molecule has 2 aromatic heterocycles. The molecule has 9 heteroatoms. The number of anilines is 1. The summed E-state index contributed by atoms with van der Waals surface area (Å²) in [6, 6.07) is 5.78. The van der Waals surface area contributed by atoms with Gasteiger partial charge in [0.25, 0.3) is 0 Å². The largest absolute Gasteiger partial charge is 0.412 e. The molecule has 188 valence electrons. The van der Waals surface area contributed by atoms with E-state index in [0.717, 1.165) is 85.7 Å². The molecule has 0 atom stereocenters. The van der Waals surface area contributed by atoms with E-state index in [2.05, 4.69) is 36.2 Å². The van der Waals surface area contributed by atoms with Crippen molar-refractivity contribution in [1.82, 2.24) is 24.9 Å². The van der Waals surface area contributed by atoms with Crippen LogP contribution in [0.15, 0.2) is 18.2 Å². The summed E-state index contributed by atoms with van der Waals surface area (Å²) in [6.07, 6.45) is 6.06. The molecule has 0 bridgehead atoms. The van der Waals surface area contributed by atoms with Crippen molar-refractivity contribution in [3.8, 4) is 0 Å². The number of fused-ring (bicyclic) bond motifs is 3. The number of hydrogen-bond acceptors (Lipinski definition) is 7. The van der Waals surface area contributed by atoms with Gasteiger partial charge in [-0.3, -0.25) is 0 Å². The zero-order valence-electron chi connectivity index (χ0n) is 21.4. The molecule has 3 rings (SSSR count). The smallest absolute Gasteiger partial charge is 0.152 e. The van der Waals surface area contributed by atoms with Crippen LogP contribution in [0.3, 0.4) is 0 Å². The molecule has 0 aliphatic heterocycles. The predicted octanol–water partition coefficient (Wildman–Crippen LogP) is 3.51. The first kappa shape index (κ1) is 26.5. The van der Waals surface area contributed by atoms with Crippen LogP contribution in [0.5, 0.6) is 0 Å². The monoisotopic (exact) mass is 488 g/mol. The molecule has 3 aromatic rings. The number of unbranched alkanes of at least 4 members (excludes halogenated alkanes) is 2. The summed E-state index contributed by atoms with van der Waals surface area (Å²) in [5.41, 5.74) is 8.57. The van der Waals surface area contributed by atoms with Gasteiger partial charge in [0.2, 0.25) is 0 Å². The van der Waals surface area contributed by atoms with E-state index < -0.39 is 7.14 Å². The third-order valence-corrected chi connectivity index (χ3v) is 7.45. The van der Waals surface area contributed by atoms with Crippen molar-refractivity contribution in [1.29, 1.82) is 0 Å². The van der Waals surface area contributed by atoms with Crippen LogP contribution < -0.4 is 21.2 Å². The Morgan fingerprint density at radius 2 is 1.88 bits per heavy atom. The Morgan fingerprint density at radius 3 is 2.59 bits per heavy atom. The van der Waals surface area contributed by atoms with Crippen molar-refractivity contribution in [2.75, 3.05) is 59.4 Å². The van der Waals surface area contributed by atoms with E-state index in [4.69, 9.17) is 15.6 Å². The van der Waals surface area contributed by atoms with Crippen molar-refractivity contribution >= 4 is 40.2 Å². The zero-order valence-corrected chi connectivity index (χ0v) is 22.3. The third-order valence-electron chi connectivity index (χ3n) is 5.93. The third kappa shape index (κ3) is 6.71. The molecule has 3 N–H and O–H groups in total. The van der Waals surface area contributed by atoms with Gasteiger partial charge in [0.15, 0.2) is 5.82 Å². The molecule has 0 fully saturated rings. The summed E-state index contributed by atoms with van der Waals surface area (Å²) in [4.78, 5) is 17.9. The van der Waals surface area contributed by atoms with E-state index in [1.165, 1.54) is 0 Å². The van der Waals surface area contributed by atoms with Crippen molar-refractivity contribution in [2.24, 2.45) is 0 Å². The van der Waals surface area contributed by atoms with Crippen LogP contribution in [0, 0.1) is 0 Å². The molecule has 1 aromatic carbocycles. The molecule has 0 aliphatic carbocycles. The first-order valence-electron chi connectivity index (χ1n) is 12.4. The van der Waals surface area contributed by atoms with Gasteiger partial charge in [-0.05, 0) is 84.9 Å². The van der Waals surface area contributed by atoms with Crippen LogP contribution in [0.25, 0.3) is 21.9 Å². The fourth-order valence-corrected chi connectivity index (χ4v) is 4.85. The fraction of sp³-hybridized carbons (Fsp3) is 0.600. The number of rotatable bonds is 14. The van der Waals surface area contributed by atoms with Gasteiger partial charge >= 0.3 is 0 Å². The number of nitrogen functional groups attached to an aromatic ring is 1. The van der Waals surface area contributed by atoms with Crippen molar-refractivity contribution in [3.63, 3.8) is 0 Å². The van der Waals surface area contributed by atoms with Gasteiger partial charge in [0, 0.05) is 17.1 Å². The molecule has 0 amide bonds. The van der Waals surface area contributed by atoms with Crippen molar-refractivity contribution in [3.05, 3.63) is 24.0 Å². The minimum absolute atomic E-state index is 0.378. The Kier molecular flexibility index (Phi) is 9.34. The average molecular weight is 489 g/mol. The molecule has 34 heavy (non-hydrogen) atoms. The number of imidazole rings is 1. The standard InChI is InChI=1S/C25H41N6O2P/c1-6-7-11-22-29-23-24(31(22)33-17-9-8-14-27-15-10-16-30(2)3)20-13-12-19(34(4,5)32)18-21(20)28-25(23)26/h12-13,18,27H,6-11,14-17H2,1-5H3,(H2,26,28). The molecule has 0 aliphatic rings. The van der Waals surface area contributed by atoms with Crippen LogP contribution in [0.1, 0.15) is 44.9 Å². The second-order valence-electron chi connectivity index (χ2n) is 9.62. The molecule has 0 radical (unpaired) electrons. The quantitative estimate of drug-likeness (QED) is 0.265. The second-order valence-corrected chi connectivity index (χ2v) is 12.8. The molecule has 0 unspecified atom stereocenters. The summed E-state index contributed by atoms with van der Waals surface area (Å²) in [7, 11) is 1.80. The van der Waals surface area contributed by atoms with E-state index in [9.17, 15) is 4.57 Å². The lowest BCUT2D eigenvalue weighted by molar-refractivity contribution is 0.109. The van der Waals surface area contributed by atoms with Gasteiger partial charge in [0.05, 0.1) is 5.52 Å². The molecule has 0 spiro atoms. The lowest BCUT2D eigenvalue weighted by Crippen LogP contribution is -2.23. The fourth-order valence-electron chi connectivity index (χ4n) is 3.98. The summed E-state index contributed by atoms with van der Waals surface area (Å²) >= 11 is 0. The summed E-state index contributed by atoms with van der Waals surface area (Å²) in [5.74, 6) is 1.25. The Bertz CT molecular complexity index is 1140. The molecule has 2 heterocycles. The van der Waals surface area contributed by atoms with E-state index >= 15 is 0 Å². The Labute approximate surface area is 203 Å². The Balaban J connectivity index is 1.78. The highest BCUT2D eigenvalue weighted by Gasteiger charge is 2.20. The summed E-state index contributed by atoms with van der Waals surface area (Å²) in [5, 5.41) is 5.21. The number of aryl methyl sites for hydroxylation is 1. The van der Waals surface area contributed by atoms with Gasteiger partial charge < -0.3 is 25.4 Å². The van der Waals surface area contributed by atoms with E-state index in [1.807, 2.05) is 22.9 Å². The van der Waals surface area contributed by atoms with Crippen LogP contribution in [0.4, 0.5) is 5.82 Å². The van der Waals surface area contributed by atoms with Gasteiger partial charge in [-0.2, -0.15) is 4.73 Å². The van der Waals surface area contributed by atoms with Crippen LogP contribution in [-0.4, -0.2) is 73.3 Å². The SMILES string of the molecule is CCCCc1nc2c(N)nc3cc(P(C)(C)=O)ccc3c2n1OCCCCNCCCN(C)C. The normalized spacial score (nSPS) is 12.3. The number of benzene rings is 1. The predicted molar refractivity (Wildman–Crippen MR) is 144 cm³/mol. The second kappa shape index (κ2) is 12.0.